The smallest absolute Gasteiger partial charge is 0.434 e. The molecular weight excluding hydrogens is 478 g/mol. The van der Waals surface area contributed by atoms with Crippen LogP contribution < -0.4 is 10.1 Å². The summed E-state index contributed by atoms with van der Waals surface area (Å²) in [6, 6.07) is 11.6. The third-order valence-electron chi connectivity index (χ3n) is 5.55. The lowest BCUT2D eigenvalue weighted by Gasteiger charge is -2.11. The van der Waals surface area contributed by atoms with Gasteiger partial charge in [0.15, 0.2) is 34.6 Å². The molecule has 3 heterocycles. The van der Waals surface area contributed by atoms with Crippen LogP contribution in [-0.2, 0) is 19.8 Å². The number of hydrogen-bond donors (Lipinski definition) is 2. The number of alkyl halides is 3. The van der Waals surface area contributed by atoms with E-state index in [9.17, 15) is 17.6 Å². The molecule has 0 aliphatic rings. The zero-order valence-corrected chi connectivity index (χ0v) is 19.1. The minimum atomic E-state index is -4.51. The molecule has 0 spiro atoms. The first-order valence-electron chi connectivity index (χ1n) is 10.7. The van der Waals surface area contributed by atoms with E-state index in [-0.39, 0.29) is 23.0 Å². The van der Waals surface area contributed by atoms with E-state index in [4.69, 9.17) is 4.74 Å². The lowest BCUT2D eigenvalue weighted by molar-refractivity contribution is -0.140. The molecule has 8 nitrogen and oxygen atoms in total. The number of hydrogen-bond acceptors (Lipinski definition) is 6. The van der Waals surface area contributed by atoms with Gasteiger partial charge in [-0.25, -0.2) is 24.3 Å². The highest BCUT2D eigenvalue weighted by atomic mass is 19.4. The van der Waals surface area contributed by atoms with E-state index in [0.717, 1.165) is 11.8 Å². The number of rotatable bonds is 6. The van der Waals surface area contributed by atoms with Gasteiger partial charge in [0, 0.05) is 25.4 Å². The van der Waals surface area contributed by atoms with Crippen molar-refractivity contribution in [1.29, 1.82) is 0 Å². The first-order chi connectivity index (χ1) is 17.2. The first kappa shape index (κ1) is 23.3. The van der Waals surface area contributed by atoms with Crippen molar-refractivity contribution in [2.75, 3.05) is 12.4 Å². The van der Waals surface area contributed by atoms with Crippen molar-refractivity contribution in [3.63, 3.8) is 0 Å². The van der Waals surface area contributed by atoms with Crippen LogP contribution in [0.5, 0.6) is 5.75 Å². The number of H-pyrrole nitrogens is 1. The summed E-state index contributed by atoms with van der Waals surface area (Å²) in [6.45, 7) is 0.333. The number of halogens is 4. The van der Waals surface area contributed by atoms with Crippen molar-refractivity contribution in [3.05, 3.63) is 72.1 Å². The number of aromatic nitrogens is 6. The molecule has 0 radical (unpaired) electrons. The molecule has 12 heteroatoms. The van der Waals surface area contributed by atoms with Crippen molar-refractivity contribution in [2.24, 2.45) is 7.05 Å². The molecule has 0 aliphatic carbocycles. The number of benzene rings is 2. The molecule has 36 heavy (non-hydrogen) atoms. The summed E-state index contributed by atoms with van der Waals surface area (Å²) in [5.74, 6) is 0.251. The first-order valence-corrected chi connectivity index (χ1v) is 10.7. The van der Waals surface area contributed by atoms with Crippen LogP contribution in [0.15, 0.2) is 55.0 Å². The highest BCUT2D eigenvalue weighted by Crippen LogP contribution is 2.31. The van der Waals surface area contributed by atoms with Gasteiger partial charge in [-0.15, -0.1) is 0 Å². The van der Waals surface area contributed by atoms with Gasteiger partial charge in [0.25, 0.3) is 0 Å². The summed E-state index contributed by atoms with van der Waals surface area (Å²) in [5, 5.41) is 3.20. The summed E-state index contributed by atoms with van der Waals surface area (Å²) < 4.78 is 60.1. The van der Waals surface area contributed by atoms with Gasteiger partial charge in [0.1, 0.15) is 11.3 Å². The standard InChI is InChI=1S/C24H19F4N7O/c1-35-11-17(24(26,27)28)32-23(35)14-8-6-13(7-9-14)10-29-21-19-22(31-12-30-19)34-20(33-21)15-4-3-5-16(36-2)18(15)25/h3-9,11-12H,10H2,1-2H3,(H2,29,30,31,33,34). The SMILES string of the molecule is COc1cccc(-c2nc(NCc3ccc(-c4nc(C(F)(F)F)cn4C)cc3)c3[nH]cnc3n2)c1F. The van der Waals surface area contributed by atoms with Crippen molar-refractivity contribution >= 4 is 17.0 Å². The Labute approximate surface area is 202 Å². The number of aromatic amines is 1. The number of methoxy groups -OCH3 is 1. The fraction of sp³-hybridized carbons (Fsp3) is 0.167. The van der Waals surface area contributed by atoms with E-state index in [1.54, 1.807) is 36.4 Å². The molecule has 2 aromatic carbocycles. The lowest BCUT2D eigenvalue weighted by atomic mass is 10.1. The molecule has 0 amide bonds. The van der Waals surface area contributed by atoms with Gasteiger partial charge in [0.2, 0.25) is 0 Å². The second-order valence-corrected chi connectivity index (χ2v) is 7.93. The van der Waals surface area contributed by atoms with Crippen LogP contribution in [0.25, 0.3) is 33.9 Å². The zero-order valence-electron chi connectivity index (χ0n) is 19.1. The van der Waals surface area contributed by atoms with Crippen LogP contribution in [0.3, 0.4) is 0 Å². The predicted octanol–water partition coefficient (Wildman–Crippen LogP) is 5.20. The Morgan fingerprint density at radius 2 is 1.83 bits per heavy atom. The van der Waals surface area contributed by atoms with Crippen molar-refractivity contribution < 1.29 is 22.3 Å². The maximum absolute atomic E-state index is 14.8. The second kappa shape index (κ2) is 8.95. The lowest BCUT2D eigenvalue weighted by Crippen LogP contribution is -2.05. The summed E-state index contributed by atoms with van der Waals surface area (Å²) in [5.41, 5.74) is 1.51. The summed E-state index contributed by atoms with van der Waals surface area (Å²) >= 11 is 0. The summed E-state index contributed by atoms with van der Waals surface area (Å²) in [7, 11) is 2.89. The van der Waals surface area contributed by atoms with Gasteiger partial charge in [-0.1, -0.05) is 30.3 Å². The molecule has 0 bridgehead atoms. The Morgan fingerprint density at radius 3 is 2.53 bits per heavy atom. The van der Waals surface area contributed by atoms with Crippen LogP contribution in [0.1, 0.15) is 11.3 Å². The molecule has 0 atom stereocenters. The van der Waals surface area contributed by atoms with Gasteiger partial charge in [-0.05, 0) is 17.7 Å². The van der Waals surface area contributed by atoms with Crippen molar-refractivity contribution in [2.45, 2.75) is 12.7 Å². The molecule has 0 fully saturated rings. The van der Waals surface area contributed by atoms with E-state index >= 15 is 0 Å². The predicted molar refractivity (Wildman–Crippen MR) is 125 cm³/mol. The van der Waals surface area contributed by atoms with Gasteiger partial charge in [0.05, 0.1) is 19.0 Å². The van der Waals surface area contributed by atoms with Crippen LogP contribution in [0, 0.1) is 5.82 Å². The Balaban J connectivity index is 1.40. The normalized spacial score (nSPS) is 11.7. The monoisotopic (exact) mass is 497 g/mol. The molecular formula is C24H19F4N7O. The molecule has 184 valence electrons. The molecule has 5 rings (SSSR count). The number of fused-ring (bicyclic) bond motifs is 1. The van der Waals surface area contributed by atoms with E-state index in [1.807, 2.05) is 0 Å². The van der Waals surface area contributed by atoms with Crippen LogP contribution in [0.4, 0.5) is 23.4 Å². The average Bonchev–Trinajstić information content (AvgIpc) is 3.49. The fourth-order valence-corrected chi connectivity index (χ4v) is 3.75. The van der Waals surface area contributed by atoms with Crippen LogP contribution in [0.2, 0.25) is 0 Å². The minimum absolute atomic E-state index is 0.0721. The van der Waals surface area contributed by atoms with E-state index in [2.05, 4.69) is 30.2 Å². The van der Waals surface area contributed by atoms with Crippen molar-refractivity contribution in [1.82, 2.24) is 29.5 Å². The van der Waals surface area contributed by atoms with Crippen LogP contribution in [-0.4, -0.2) is 36.6 Å². The number of anilines is 1. The third kappa shape index (κ3) is 4.32. The summed E-state index contributed by atoms with van der Waals surface area (Å²) in [4.78, 5) is 19.7. The van der Waals surface area contributed by atoms with Gasteiger partial charge in [-0.2, -0.15) is 13.2 Å². The van der Waals surface area contributed by atoms with Crippen molar-refractivity contribution in [3.8, 4) is 28.5 Å². The number of aryl methyl sites for hydroxylation is 1. The number of ether oxygens (including phenoxy) is 1. The molecule has 2 N–H and O–H groups in total. The number of imidazole rings is 2. The Hall–Kier alpha value is -4.48. The van der Waals surface area contributed by atoms with E-state index in [1.165, 1.54) is 31.1 Å². The Morgan fingerprint density at radius 1 is 1.06 bits per heavy atom. The minimum Gasteiger partial charge on any atom is -0.494 e. The van der Waals surface area contributed by atoms with E-state index in [0.29, 0.717) is 29.1 Å². The second-order valence-electron chi connectivity index (χ2n) is 7.93. The fourth-order valence-electron chi connectivity index (χ4n) is 3.75. The topological polar surface area (TPSA) is 93.5 Å². The number of nitrogens with zero attached hydrogens (tertiary/aromatic N) is 5. The van der Waals surface area contributed by atoms with Gasteiger partial charge >= 0.3 is 6.18 Å². The maximum atomic E-state index is 14.8. The largest absolute Gasteiger partial charge is 0.494 e. The Kier molecular flexibility index (Phi) is 5.78. The van der Waals surface area contributed by atoms with Gasteiger partial charge in [-0.3, -0.25) is 0 Å². The molecule has 0 aliphatic heterocycles. The van der Waals surface area contributed by atoms with Gasteiger partial charge < -0.3 is 19.6 Å². The summed E-state index contributed by atoms with van der Waals surface area (Å²) in [6.07, 6.45) is -2.09. The third-order valence-corrected chi connectivity index (χ3v) is 5.55. The quantitative estimate of drug-likeness (QED) is 0.313. The highest BCUT2D eigenvalue weighted by Gasteiger charge is 2.34. The Bertz CT molecular complexity index is 1540. The van der Waals surface area contributed by atoms with E-state index < -0.39 is 17.7 Å². The zero-order chi connectivity index (χ0) is 25.4. The maximum Gasteiger partial charge on any atom is 0.434 e. The molecule has 5 aromatic rings. The van der Waals surface area contributed by atoms with Crippen LogP contribution >= 0.6 is 0 Å². The molecule has 0 unspecified atom stereocenters. The average molecular weight is 497 g/mol. The molecule has 0 saturated heterocycles. The highest BCUT2D eigenvalue weighted by molar-refractivity contribution is 5.84. The molecule has 3 aromatic heterocycles. The number of nitrogens with one attached hydrogen (secondary N) is 2. The molecule has 0 saturated carbocycles.